The number of aromatic hydroxyl groups is 1. The monoisotopic (exact) mass is 259 g/mol. The minimum absolute atomic E-state index is 0.0305. The molecule has 2 rings (SSSR count). The molecule has 2 atom stereocenters. The number of para-hydroxylation sites is 1. The average molecular weight is 259 g/mol. The van der Waals surface area contributed by atoms with Gasteiger partial charge in [0.25, 0.3) is 0 Å². The summed E-state index contributed by atoms with van der Waals surface area (Å²) in [6.45, 7) is 4.20. The van der Waals surface area contributed by atoms with Gasteiger partial charge in [-0.2, -0.15) is 0 Å². The van der Waals surface area contributed by atoms with Crippen molar-refractivity contribution in [3.8, 4) is 5.75 Å². The smallest absolute Gasteiger partial charge is 0.247 e. The van der Waals surface area contributed by atoms with Crippen LogP contribution in [0.25, 0.3) is 6.08 Å². The molecule has 1 aliphatic rings. The number of hydrogen-bond donors (Lipinski definition) is 1. The van der Waals surface area contributed by atoms with Crippen LogP contribution >= 0.6 is 0 Å². The molecule has 1 fully saturated rings. The summed E-state index contributed by atoms with van der Waals surface area (Å²) in [5, 5.41) is 9.66. The van der Waals surface area contributed by atoms with Crippen molar-refractivity contribution < 1.29 is 9.90 Å². The second kappa shape index (κ2) is 5.91. The first kappa shape index (κ1) is 13.7. The lowest BCUT2D eigenvalue weighted by Crippen LogP contribution is -2.46. The van der Waals surface area contributed by atoms with Crippen LogP contribution in [0.15, 0.2) is 30.3 Å². The second-order valence-corrected chi connectivity index (χ2v) is 5.27. The molecule has 0 aromatic heterocycles. The number of phenolic OH excluding ortho intramolecular Hbond substituents is 1. The summed E-state index contributed by atoms with van der Waals surface area (Å²) in [6.07, 6.45) is 6.58. The molecule has 0 aliphatic carbocycles. The first-order valence-electron chi connectivity index (χ1n) is 6.88. The predicted octanol–water partition coefficient (Wildman–Crippen LogP) is 3.19. The summed E-state index contributed by atoms with van der Waals surface area (Å²) in [6, 6.07) is 7.62. The van der Waals surface area contributed by atoms with Gasteiger partial charge in [-0.1, -0.05) is 18.2 Å². The number of amides is 1. The van der Waals surface area contributed by atoms with E-state index in [4.69, 9.17) is 0 Å². The van der Waals surface area contributed by atoms with Crippen molar-refractivity contribution in [2.45, 2.75) is 45.2 Å². The van der Waals surface area contributed by atoms with E-state index in [0.29, 0.717) is 17.6 Å². The Hall–Kier alpha value is -1.77. The number of phenols is 1. The molecule has 3 heteroatoms. The second-order valence-electron chi connectivity index (χ2n) is 5.27. The Labute approximate surface area is 114 Å². The van der Waals surface area contributed by atoms with Gasteiger partial charge in [-0.05, 0) is 45.3 Å². The van der Waals surface area contributed by atoms with Crippen LogP contribution in [-0.2, 0) is 4.79 Å². The van der Waals surface area contributed by atoms with Crippen molar-refractivity contribution in [1.82, 2.24) is 4.90 Å². The van der Waals surface area contributed by atoms with Gasteiger partial charge in [-0.25, -0.2) is 0 Å². The fourth-order valence-corrected chi connectivity index (χ4v) is 2.73. The largest absolute Gasteiger partial charge is 0.507 e. The lowest BCUT2D eigenvalue weighted by Gasteiger charge is -2.38. The molecule has 19 heavy (non-hydrogen) atoms. The van der Waals surface area contributed by atoms with Crippen LogP contribution in [0.3, 0.4) is 0 Å². The van der Waals surface area contributed by atoms with Gasteiger partial charge < -0.3 is 10.0 Å². The summed E-state index contributed by atoms with van der Waals surface area (Å²) in [5.41, 5.74) is 0.674. The van der Waals surface area contributed by atoms with E-state index >= 15 is 0 Å². The zero-order valence-electron chi connectivity index (χ0n) is 11.5. The van der Waals surface area contributed by atoms with E-state index in [1.54, 1.807) is 30.4 Å². The Morgan fingerprint density at radius 2 is 1.89 bits per heavy atom. The summed E-state index contributed by atoms with van der Waals surface area (Å²) in [5.74, 6) is 0.231. The molecular weight excluding hydrogens is 238 g/mol. The maximum absolute atomic E-state index is 12.3. The molecule has 0 bridgehead atoms. The molecule has 0 spiro atoms. The summed E-state index contributed by atoms with van der Waals surface area (Å²) in [4.78, 5) is 14.2. The normalized spacial score (nSPS) is 23.8. The number of hydrogen-bond acceptors (Lipinski definition) is 2. The molecule has 2 unspecified atom stereocenters. The predicted molar refractivity (Wildman–Crippen MR) is 76.8 cm³/mol. The van der Waals surface area contributed by atoms with Crippen LogP contribution in [0, 0.1) is 0 Å². The van der Waals surface area contributed by atoms with Gasteiger partial charge in [0, 0.05) is 23.7 Å². The molecule has 102 valence electrons. The minimum atomic E-state index is 0.0305. The maximum Gasteiger partial charge on any atom is 0.247 e. The third kappa shape index (κ3) is 3.16. The van der Waals surface area contributed by atoms with Crippen molar-refractivity contribution in [3.63, 3.8) is 0 Å². The SMILES string of the molecule is CC1CCCC(C)N1C(=O)/C=C/c1ccccc1O. The van der Waals surface area contributed by atoms with Gasteiger partial charge in [-0.15, -0.1) is 0 Å². The number of benzene rings is 1. The Morgan fingerprint density at radius 1 is 1.26 bits per heavy atom. The van der Waals surface area contributed by atoms with Crippen LogP contribution in [0.2, 0.25) is 0 Å². The number of carbonyl (C=O) groups excluding carboxylic acids is 1. The first-order chi connectivity index (χ1) is 9.09. The minimum Gasteiger partial charge on any atom is -0.507 e. The van der Waals surface area contributed by atoms with E-state index in [1.807, 2.05) is 11.0 Å². The van der Waals surface area contributed by atoms with Crippen LogP contribution in [0.5, 0.6) is 5.75 Å². The lowest BCUT2D eigenvalue weighted by atomic mass is 9.97. The topological polar surface area (TPSA) is 40.5 Å². The number of carbonyl (C=O) groups is 1. The molecule has 1 amide bonds. The molecule has 1 aromatic carbocycles. The highest BCUT2D eigenvalue weighted by Gasteiger charge is 2.27. The fraction of sp³-hybridized carbons (Fsp3) is 0.438. The van der Waals surface area contributed by atoms with Crippen LogP contribution in [0.4, 0.5) is 0 Å². The summed E-state index contributed by atoms with van der Waals surface area (Å²) < 4.78 is 0. The van der Waals surface area contributed by atoms with Crippen molar-refractivity contribution in [2.75, 3.05) is 0 Å². The Balaban J connectivity index is 2.10. The standard InChI is InChI=1S/C16H21NO2/c1-12-6-5-7-13(2)17(12)16(19)11-10-14-8-3-4-9-15(14)18/h3-4,8-13,18H,5-7H2,1-2H3/b11-10+. The van der Waals surface area contributed by atoms with Crippen molar-refractivity contribution in [1.29, 1.82) is 0 Å². The zero-order valence-corrected chi connectivity index (χ0v) is 11.5. The van der Waals surface area contributed by atoms with Crippen molar-refractivity contribution in [2.24, 2.45) is 0 Å². The van der Waals surface area contributed by atoms with E-state index in [0.717, 1.165) is 12.8 Å². The Kier molecular flexibility index (Phi) is 4.25. The number of piperidine rings is 1. The van der Waals surface area contributed by atoms with E-state index in [2.05, 4.69) is 13.8 Å². The lowest BCUT2D eigenvalue weighted by molar-refractivity contribution is -0.131. The highest BCUT2D eigenvalue weighted by molar-refractivity contribution is 5.92. The van der Waals surface area contributed by atoms with E-state index in [1.165, 1.54) is 6.42 Å². The van der Waals surface area contributed by atoms with E-state index < -0.39 is 0 Å². The number of likely N-dealkylation sites (tertiary alicyclic amines) is 1. The van der Waals surface area contributed by atoms with Gasteiger partial charge in [0.1, 0.15) is 5.75 Å². The third-order valence-corrected chi connectivity index (χ3v) is 3.79. The van der Waals surface area contributed by atoms with Gasteiger partial charge in [0.15, 0.2) is 0 Å². The van der Waals surface area contributed by atoms with Crippen LogP contribution in [0.1, 0.15) is 38.7 Å². The van der Waals surface area contributed by atoms with Gasteiger partial charge in [0.2, 0.25) is 5.91 Å². The molecular formula is C16H21NO2. The average Bonchev–Trinajstić information content (AvgIpc) is 2.37. The van der Waals surface area contributed by atoms with Gasteiger partial charge in [-0.3, -0.25) is 4.79 Å². The Bertz CT molecular complexity index is 471. The van der Waals surface area contributed by atoms with Crippen LogP contribution in [-0.4, -0.2) is 28.0 Å². The maximum atomic E-state index is 12.3. The molecule has 0 radical (unpaired) electrons. The highest BCUT2D eigenvalue weighted by atomic mass is 16.3. The van der Waals surface area contributed by atoms with E-state index in [-0.39, 0.29) is 11.7 Å². The molecule has 1 N–H and O–H groups in total. The molecule has 1 aliphatic heterocycles. The zero-order chi connectivity index (χ0) is 13.8. The molecule has 1 aromatic rings. The Morgan fingerprint density at radius 3 is 2.53 bits per heavy atom. The van der Waals surface area contributed by atoms with Crippen molar-refractivity contribution >= 4 is 12.0 Å². The number of nitrogens with zero attached hydrogens (tertiary/aromatic N) is 1. The van der Waals surface area contributed by atoms with E-state index in [9.17, 15) is 9.90 Å². The number of rotatable bonds is 2. The first-order valence-corrected chi connectivity index (χ1v) is 6.88. The van der Waals surface area contributed by atoms with Crippen LogP contribution < -0.4 is 0 Å². The van der Waals surface area contributed by atoms with Gasteiger partial charge >= 0.3 is 0 Å². The molecule has 0 saturated carbocycles. The molecule has 1 heterocycles. The molecule has 1 saturated heterocycles. The highest BCUT2D eigenvalue weighted by Crippen LogP contribution is 2.23. The fourth-order valence-electron chi connectivity index (χ4n) is 2.73. The quantitative estimate of drug-likeness (QED) is 0.829. The summed E-state index contributed by atoms with van der Waals surface area (Å²) >= 11 is 0. The third-order valence-electron chi connectivity index (χ3n) is 3.79. The molecule has 3 nitrogen and oxygen atoms in total. The summed E-state index contributed by atoms with van der Waals surface area (Å²) in [7, 11) is 0. The van der Waals surface area contributed by atoms with Gasteiger partial charge in [0.05, 0.1) is 0 Å². The van der Waals surface area contributed by atoms with Crippen molar-refractivity contribution in [3.05, 3.63) is 35.9 Å².